The SMILES string of the molecule is Cc1ccc2c(c1)[C@@H](NC(=O)CCSc1n[nH]c(C)n1)[C@H](C)C2. The van der Waals surface area contributed by atoms with Crippen LogP contribution in [0.15, 0.2) is 23.4 Å². The lowest BCUT2D eigenvalue weighted by Gasteiger charge is -2.19. The Morgan fingerprint density at radius 1 is 1.43 bits per heavy atom. The van der Waals surface area contributed by atoms with Crippen LogP contribution >= 0.6 is 11.8 Å². The predicted octanol–water partition coefficient (Wildman–Crippen LogP) is 2.95. The fraction of sp³-hybridized carbons (Fsp3) is 0.471. The van der Waals surface area contributed by atoms with Gasteiger partial charge in [0.15, 0.2) is 0 Å². The van der Waals surface area contributed by atoms with Gasteiger partial charge in [-0.2, -0.15) is 0 Å². The normalized spacial score (nSPS) is 19.6. The Hall–Kier alpha value is -1.82. The zero-order valence-electron chi connectivity index (χ0n) is 13.7. The van der Waals surface area contributed by atoms with Gasteiger partial charge in [-0.25, -0.2) is 4.98 Å². The van der Waals surface area contributed by atoms with Gasteiger partial charge in [-0.3, -0.25) is 9.89 Å². The van der Waals surface area contributed by atoms with Gasteiger partial charge < -0.3 is 5.32 Å². The second-order valence-electron chi connectivity index (χ2n) is 6.23. The molecule has 1 heterocycles. The van der Waals surface area contributed by atoms with E-state index in [0.717, 1.165) is 12.2 Å². The first-order chi connectivity index (χ1) is 11.0. The van der Waals surface area contributed by atoms with E-state index in [2.05, 4.69) is 52.5 Å². The first-order valence-corrected chi connectivity index (χ1v) is 8.92. The first kappa shape index (κ1) is 16.1. The van der Waals surface area contributed by atoms with Gasteiger partial charge in [0.25, 0.3) is 0 Å². The average Bonchev–Trinajstić information content (AvgIpc) is 3.04. The quantitative estimate of drug-likeness (QED) is 0.827. The number of H-pyrrole nitrogens is 1. The highest BCUT2D eigenvalue weighted by Gasteiger charge is 2.30. The minimum atomic E-state index is 0.0935. The number of nitrogens with one attached hydrogen (secondary N) is 2. The van der Waals surface area contributed by atoms with Crippen molar-refractivity contribution in [3.8, 4) is 0 Å². The summed E-state index contributed by atoms with van der Waals surface area (Å²) in [4.78, 5) is 16.5. The maximum Gasteiger partial charge on any atom is 0.221 e. The summed E-state index contributed by atoms with van der Waals surface area (Å²) in [6, 6.07) is 6.67. The number of hydrogen-bond donors (Lipinski definition) is 2. The van der Waals surface area contributed by atoms with Crippen LogP contribution in [0, 0.1) is 19.8 Å². The van der Waals surface area contributed by atoms with E-state index in [9.17, 15) is 4.79 Å². The van der Waals surface area contributed by atoms with Crippen molar-refractivity contribution in [3.63, 3.8) is 0 Å². The number of aryl methyl sites for hydroxylation is 2. The molecule has 0 saturated heterocycles. The molecule has 1 aliphatic carbocycles. The number of thioether (sulfide) groups is 1. The molecule has 2 aromatic rings. The van der Waals surface area contributed by atoms with Gasteiger partial charge in [0.1, 0.15) is 5.82 Å². The summed E-state index contributed by atoms with van der Waals surface area (Å²) in [5, 5.41) is 10.8. The molecule has 122 valence electrons. The number of aromatic amines is 1. The number of hydrogen-bond acceptors (Lipinski definition) is 4. The Bertz CT molecular complexity index is 712. The number of nitrogens with zero attached hydrogens (tertiary/aromatic N) is 2. The fourth-order valence-electron chi connectivity index (χ4n) is 3.05. The van der Waals surface area contributed by atoms with Crippen molar-refractivity contribution in [1.82, 2.24) is 20.5 Å². The molecule has 0 bridgehead atoms. The summed E-state index contributed by atoms with van der Waals surface area (Å²) in [6.45, 7) is 6.16. The van der Waals surface area contributed by atoms with Crippen LogP contribution in [-0.4, -0.2) is 26.8 Å². The highest BCUT2D eigenvalue weighted by atomic mass is 32.2. The van der Waals surface area contributed by atoms with Crippen molar-refractivity contribution >= 4 is 17.7 Å². The molecule has 5 nitrogen and oxygen atoms in total. The molecule has 0 spiro atoms. The van der Waals surface area contributed by atoms with Gasteiger partial charge in [0.05, 0.1) is 6.04 Å². The van der Waals surface area contributed by atoms with E-state index >= 15 is 0 Å². The van der Waals surface area contributed by atoms with Crippen LogP contribution in [0.25, 0.3) is 0 Å². The number of fused-ring (bicyclic) bond motifs is 1. The summed E-state index contributed by atoms with van der Waals surface area (Å²) in [6.07, 6.45) is 1.51. The molecule has 0 saturated carbocycles. The monoisotopic (exact) mass is 330 g/mol. The van der Waals surface area contributed by atoms with Crippen LogP contribution in [0.5, 0.6) is 0 Å². The highest BCUT2D eigenvalue weighted by Crippen LogP contribution is 2.36. The van der Waals surface area contributed by atoms with Crippen molar-refractivity contribution < 1.29 is 4.79 Å². The van der Waals surface area contributed by atoms with Gasteiger partial charge in [-0.05, 0) is 37.3 Å². The third-order valence-electron chi connectivity index (χ3n) is 4.20. The third kappa shape index (κ3) is 3.75. The molecule has 2 N–H and O–H groups in total. The van der Waals surface area contributed by atoms with Crippen molar-refractivity contribution in [2.75, 3.05) is 5.75 Å². The average molecular weight is 330 g/mol. The molecular formula is C17H22N4OS. The molecule has 1 aliphatic rings. The van der Waals surface area contributed by atoms with Gasteiger partial charge in [-0.15, -0.1) is 5.10 Å². The summed E-state index contributed by atoms with van der Waals surface area (Å²) < 4.78 is 0. The molecule has 0 aliphatic heterocycles. The lowest BCUT2D eigenvalue weighted by molar-refractivity contribution is -0.121. The smallest absolute Gasteiger partial charge is 0.221 e. The number of carbonyl (C=O) groups excluding carboxylic acids is 1. The molecule has 6 heteroatoms. The molecule has 1 aromatic carbocycles. The molecule has 0 fully saturated rings. The topological polar surface area (TPSA) is 70.7 Å². The molecule has 1 aromatic heterocycles. The maximum atomic E-state index is 12.3. The van der Waals surface area contributed by atoms with Gasteiger partial charge in [0.2, 0.25) is 11.1 Å². The third-order valence-corrected chi connectivity index (χ3v) is 5.05. The van der Waals surface area contributed by atoms with Crippen molar-refractivity contribution in [3.05, 3.63) is 40.7 Å². The molecular weight excluding hydrogens is 308 g/mol. The number of rotatable bonds is 5. The van der Waals surface area contributed by atoms with E-state index in [1.807, 2.05) is 6.92 Å². The highest BCUT2D eigenvalue weighted by molar-refractivity contribution is 7.99. The number of aromatic nitrogens is 3. The Labute approximate surface area is 140 Å². The number of carbonyl (C=O) groups is 1. The standard InChI is InChI=1S/C17H22N4OS/c1-10-4-5-13-9-11(2)16(14(13)8-10)19-15(22)6-7-23-17-18-12(3)20-21-17/h4-5,8,11,16H,6-7,9H2,1-3H3,(H,19,22)(H,18,20,21)/t11-,16+/m1/s1. The molecule has 1 amide bonds. The van der Waals surface area contributed by atoms with Crippen LogP contribution in [0.4, 0.5) is 0 Å². The maximum absolute atomic E-state index is 12.3. The molecule has 0 radical (unpaired) electrons. The van der Waals surface area contributed by atoms with Crippen molar-refractivity contribution in [2.45, 2.75) is 44.8 Å². The fourth-order valence-corrected chi connectivity index (χ4v) is 3.83. The largest absolute Gasteiger partial charge is 0.349 e. The van der Waals surface area contributed by atoms with Gasteiger partial charge in [0, 0.05) is 12.2 Å². The number of amides is 1. The van der Waals surface area contributed by atoms with Gasteiger partial charge in [-0.1, -0.05) is 42.4 Å². The molecule has 23 heavy (non-hydrogen) atoms. The zero-order chi connectivity index (χ0) is 16.4. The molecule has 0 unspecified atom stereocenters. The van der Waals surface area contributed by atoms with E-state index in [-0.39, 0.29) is 11.9 Å². The lowest BCUT2D eigenvalue weighted by atomic mass is 10.0. The second-order valence-corrected chi connectivity index (χ2v) is 7.29. The van der Waals surface area contributed by atoms with Crippen LogP contribution in [0.2, 0.25) is 0 Å². The molecule has 3 rings (SSSR count). The Morgan fingerprint density at radius 2 is 2.26 bits per heavy atom. The molecule has 2 atom stereocenters. The van der Waals surface area contributed by atoms with Crippen molar-refractivity contribution in [1.29, 1.82) is 0 Å². The van der Waals surface area contributed by atoms with Crippen molar-refractivity contribution in [2.24, 2.45) is 5.92 Å². The van der Waals surface area contributed by atoms with Crippen LogP contribution < -0.4 is 5.32 Å². The van der Waals surface area contributed by atoms with E-state index in [4.69, 9.17) is 0 Å². The van der Waals surface area contributed by atoms with Gasteiger partial charge >= 0.3 is 0 Å². The van der Waals surface area contributed by atoms with E-state index in [1.54, 1.807) is 0 Å². The Kier molecular flexibility index (Phi) is 4.71. The van der Waals surface area contributed by atoms with Crippen LogP contribution in [-0.2, 0) is 11.2 Å². The van der Waals surface area contributed by atoms with E-state index in [0.29, 0.717) is 23.2 Å². The summed E-state index contributed by atoms with van der Waals surface area (Å²) >= 11 is 1.50. The van der Waals surface area contributed by atoms with Crippen LogP contribution in [0.1, 0.15) is 41.9 Å². The minimum absolute atomic E-state index is 0.0935. The minimum Gasteiger partial charge on any atom is -0.349 e. The van der Waals surface area contributed by atoms with Crippen LogP contribution in [0.3, 0.4) is 0 Å². The van der Waals surface area contributed by atoms with E-state index < -0.39 is 0 Å². The zero-order valence-corrected chi connectivity index (χ0v) is 14.5. The Morgan fingerprint density at radius 3 is 3.00 bits per heavy atom. The summed E-state index contributed by atoms with van der Waals surface area (Å²) in [5.41, 5.74) is 3.88. The first-order valence-electron chi connectivity index (χ1n) is 7.93. The Balaban J connectivity index is 1.55. The number of benzene rings is 1. The predicted molar refractivity (Wildman–Crippen MR) is 91.4 cm³/mol. The summed E-state index contributed by atoms with van der Waals surface area (Å²) in [5.74, 6) is 2.02. The summed E-state index contributed by atoms with van der Waals surface area (Å²) in [7, 11) is 0. The lowest BCUT2D eigenvalue weighted by Crippen LogP contribution is -2.30. The second kappa shape index (κ2) is 6.74. The van der Waals surface area contributed by atoms with E-state index in [1.165, 1.54) is 28.5 Å².